The maximum absolute atomic E-state index is 13.8. The van der Waals surface area contributed by atoms with E-state index in [-0.39, 0.29) is 16.3 Å². The van der Waals surface area contributed by atoms with Gasteiger partial charge in [0.2, 0.25) is 0 Å². The Kier molecular flexibility index (Phi) is 9.56. The van der Waals surface area contributed by atoms with Crippen LogP contribution in [0.3, 0.4) is 0 Å². The van der Waals surface area contributed by atoms with Crippen LogP contribution >= 0.6 is 11.6 Å². The number of halogens is 3. The van der Waals surface area contributed by atoms with Crippen molar-refractivity contribution in [2.24, 2.45) is 0 Å². The molecule has 1 rings (SSSR count). The molecule has 0 aliphatic rings. The molecule has 1 aromatic carbocycles. The van der Waals surface area contributed by atoms with E-state index in [1.165, 1.54) is 25.1 Å². The van der Waals surface area contributed by atoms with Crippen LogP contribution in [0.5, 0.6) is 0 Å². The van der Waals surface area contributed by atoms with Crippen molar-refractivity contribution in [3.63, 3.8) is 0 Å². The summed E-state index contributed by atoms with van der Waals surface area (Å²) in [4.78, 5) is 0. The second-order valence-corrected chi connectivity index (χ2v) is 4.68. The summed E-state index contributed by atoms with van der Waals surface area (Å²) in [5.74, 6) is -1.19. The maximum Gasteiger partial charge on any atom is 0.147 e. The third kappa shape index (κ3) is 6.55. The van der Waals surface area contributed by atoms with E-state index in [9.17, 15) is 8.78 Å². The van der Waals surface area contributed by atoms with Crippen LogP contribution in [0, 0.1) is 17.1 Å². The van der Waals surface area contributed by atoms with Gasteiger partial charge in [0.15, 0.2) is 0 Å². The highest BCUT2D eigenvalue weighted by molar-refractivity contribution is 6.31. The van der Waals surface area contributed by atoms with Gasteiger partial charge in [-0.3, -0.25) is 0 Å². The SMILES string of the molecule is C/C=C\C(Cl)=C(\F)C(C)Nc1ccc(C#N)cc1F.C=CC. The molecule has 0 heterocycles. The summed E-state index contributed by atoms with van der Waals surface area (Å²) in [6.07, 6.45) is 4.78. The fraction of sp³-hybridized carbons (Fsp3) is 0.235. The second kappa shape index (κ2) is 10.6. The molecule has 0 aliphatic carbocycles. The van der Waals surface area contributed by atoms with Crippen molar-refractivity contribution >= 4 is 17.3 Å². The zero-order chi connectivity index (χ0) is 17.1. The van der Waals surface area contributed by atoms with Crippen LogP contribution in [0.2, 0.25) is 0 Å². The molecule has 0 aliphatic heterocycles. The van der Waals surface area contributed by atoms with Crippen molar-refractivity contribution in [1.29, 1.82) is 5.26 Å². The van der Waals surface area contributed by atoms with Gasteiger partial charge in [-0.05, 0) is 45.0 Å². The van der Waals surface area contributed by atoms with Gasteiger partial charge in [0.05, 0.1) is 28.4 Å². The lowest BCUT2D eigenvalue weighted by molar-refractivity contribution is 0.569. The highest BCUT2D eigenvalue weighted by Crippen LogP contribution is 2.22. The largest absolute Gasteiger partial charge is 0.374 e. The quantitative estimate of drug-likeness (QED) is 0.570. The van der Waals surface area contributed by atoms with E-state index < -0.39 is 17.7 Å². The first kappa shape index (κ1) is 19.9. The van der Waals surface area contributed by atoms with Gasteiger partial charge in [-0.25, -0.2) is 8.78 Å². The fourth-order valence-electron chi connectivity index (χ4n) is 1.43. The van der Waals surface area contributed by atoms with Crippen LogP contribution in [0.15, 0.2) is 53.9 Å². The standard InChI is InChI=1S/C14H13ClF2N2.C3H6/c1-3-4-11(15)14(17)9(2)19-13-6-5-10(8-18)7-12(13)16;1-3-2/h3-7,9,19H,1-2H3;3H,1H2,2H3/b4-3-,14-11-;. The molecule has 0 bridgehead atoms. The Hall–Kier alpha value is -2.12. The number of benzene rings is 1. The number of allylic oxidation sites excluding steroid dienone is 4. The molecule has 2 nitrogen and oxygen atoms in total. The summed E-state index contributed by atoms with van der Waals surface area (Å²) in [6.45, 7) is 8.49. The Morgan fingerprint density at radius 2 is 2.05 bits per heavy atom. The van der Waals surface area contributed by atoms with Crippen LogP contribution in [-0.2, 0) is 0 Å². The number of nitrogens with zero attached hydrogens (tertiary/aromatic N) is 1. The molecule has 5 heteroatoms. The molecule has 0 amide bonds. The average molecular weight is 325 g/mol. The van der Waals surface area contributed by atoms with Crippen molar-refractivity contribution in [3.8, 4) is 6.07 Å². The van der Waals surface area contributed by atoms with E-state index in [1.807, 2.05) is 13.0 Å². The third-order valence-electron chi connectivity index (χ3n) is 2.39. The van der Waals surface area contributed by atoms with E-state index >= 15 is 0 Å². The van der Waals surface area contributed by atoms with Gasteiger partial charge < -0.3 is 5.32 Å². The molecule has 1 unspecified atom stereocenters. The fourth-order valence-corrected chi connectivity index (χ4v) is 1.72. The Labute approximate surface area is 135 Å². The molecule has 1 aromatic rings. The van der Waals surface area contributed by atoms with E-state index in [0.717, 1.165) is 6.07 Å². The lowest BCUT2D eigenvalue weighted by atomic mass is 10.2. The smallest absolute Gasteiger partial charge is 0.147 e. The van der Waals surface area contributed by atoms with Crippen LogP contribution < -0.4 is 5.32 Å². The van der Waals surface area contributed by atoms with Gasteiger partial charge in [0.1, 0.15) is 11.6 Å². The summed E-state index contributed by atoms with van der Waals surface area (Å²) in [5, 5.41) is 11.3. The van der Waals surface area contributed by atoms with Crippen LogP contribution in [0.25, 0.3) is 0 Å². The zero-order valence-electron chi connectivity index (χ0n) is 12.8. The summed E-state index contributed by atoms with van der Waals surface area (Å²) in [5.41, 5.74) is 0.324. The molecule has 118 valence electrons. The summed E-state index contributed by atoms with van der Waals surface area (Å²) in [7, 11) is 0. The minimum Gasteiger partial charge on any atom is -0.374 e. The number of anilines is 1. The van der Waals surface area contributed by atoms with E-state index in [1.54, 1.807) is 19.1 Å². The lowest BCUT2D eigenvalue weighted by Crippen LogP contribution is -2.17. The predicted molar refractivity (Wildman–Crippen MR) is 88.9 cm³/mol. The van der Waals surface area contributed by atoms with Crippen LogP contribution in [0.1, 0.15) is 26.3 Å². The predicted octanol–water partition coefficient (Wildman–Crippen LogP) is 5.69. The van der Waals surface area contributed by atoms with Crippen LogP contribution in [0.4, 0.5) is 14.5 Å². The van der Waals surface area contributed by atoms with Gasteiger partial charge in [-0.2, -0.15) is 5.26 Å². The first-order valence-corrected chi connectivity index (χ1v) is 7.00. The van der Waals surface area contributed by atoms with Gasteiger partial charge in [-0.15, -0.1) is 6.58 Å². The first-order chi connectivity index (χ1) is 10.4. The number of nitrogens with one attached hydrogen (secondary N) is 1. The minimum absolute atomic E-state index is 0.0310. The zero-order valence-corrected chi connectivity index (χ0v) is 13.6. The highest BCUT2D eigenvalue weighted by atomic mass is 35.5. The van der Waals surface area contributed by atoms with Crippen molar-refractivity contribution in [2.45, 2.75) is 26.8 Å². The summed E-state index contributed by atoms with van der Waals surface area (Å²) in [6, 6.07) is 4.98. The van der Waals surface area contributed by atoms with Crippen molar-refractivity contribution < 1.29 is 8.78 Å². The minimum atomic E-state index is -0.772. The number of hydrogen-bond donors (Lipinski definition) is 1. The monoisotopic (exact) mass is 324 g/mol. The van der Waals surface area contributed by atoms with E-state index in [4.69, 9.17) is 16.9 Å². The molecule has 0 saturated carbocycles. The number of rotatable bonds is 4. The van der Waals surface area contributed by atoms with Gasteiger partial charge in [0, 0.05) is 0 Å². The average Bonchev–Trinajstić information content (AvgIpc) is 2.49. The van der Waals surface area contributed by atoms with Gasteiger partial charge in [-0.1, -0.05) is 23.8 Å². The second-order valence-electron chi connectivity index (χ2n) is 4.28. The van der Waals surface area contributed by atoms with Crippen molar-refractivity contribution in [2.75, 3.05) is 5.32 Å². The summed E-state index contributed by atoms with van der Waals surface area (Å²) < 4.78 is 27.4. The molecule has 22 heavy (non-hydrogen) atoms. The molecule has 0 spiro atoms. The molecule has 0 saturated heterocycles. The molecular formula is C17H19ClF2N2. The third-order valence-corrected chi connectivity index (χ3v) is 2.70. The van der Waals surface area contributed by atoms with Crippen molar-refractivity contribution in [3.05, 3.63) is 65.2 Å². The highest BCUT2D eigenvalue weighted by Gasteiger charge is 2.13. The Balaban J connectivity index is 0.00000135. The Bertz CT molecular complexity index is 601. The van der Waals surface area contributed by atoms with Crippen LogP contribution in [-0.4, -0.2) is 6.04 Å². The van der Waals surface area contributed by atoms with Gasteiger partial charge >= 0.3 is 0 Å². The Morgan fingerprint density at radius 3 is 2.50 bits per heavy atom. The normalized spacial score (nSPS) is 12.6. The molecule has 0 fully saturated rings. The lowest BCUT2D eigenvalue weighted by Gasteiger charge is -2.14. The molecule has 0 radical (unpaired) electrons. The molecule has 1 atom stereocenters. The van der Waals surface area contributed by atoms with E-state index in [0.29, 0.717) is 0 Å². The Morgan fingerprint density at radius 1 is 1.45 bits per heavy atom. The van der Waals surface area contributed by atoms with Crippen molar-refractivity contribution in [1.82, 2.24) is 0 Å². The molecular weight excluding hydrogens is 306 g/mol. The molecule has 0 aromatic heterocycles. The van der Waals surface area contributed by atoms with Gasteiger partial charge in [0.25, 0.3) is 0 Å². The topological polar surface area (TPSA) is 35.8 Å². The maximum atomic E-state index is 13.8. The van der Waals surface area contributed by atoms with E-state index in [2.05, 4.69) is 11.9 Å². The number of nitriles is 1. The summed E-state index contributed by atoms with van der Waals surface area (Å²) >= 11 is 5.72. The molecule has 1 N–H and O–H groups in total. The first-order valence-electron chi connectivity index (χ1n) is 6.62. The number of hydrogen-bond acceptors (Lipinski definition) is 2.